The van der Waals surface area contributed by atoms with Gasteiger partial charge in [-0.15, -0.1) is 0 Å². The standard InChI is InChI=1S/C19H33NO/c1-8-11-20-17(9-10-19(5,6)21-7)18-15(3)12-14(2)13-16(18)4/h12-13,17,20H,8-11H2,1-7H3. The minimum Gasteiger partial charge on any atom is -0.379 e. The molecule has 0 radical (unpaired) electrons. The Bertz CT molecular complexity index is 428. The predicted molar refractivity (Wildman–Crippen MR) is 92.0 cm³/mol. The zero-order chi connectivity index (χ0) is 16.0. The van der Waals surface area contributed by atoms with Gasteiger partial charge in [-0.25, -0.2) is 0 Å². The van der Waals surface area contributed by atoms with Gasteiger partial charge < -0.3 is 10.1 Å². The summed E-state index contributed by atoms with van der Waals surface area (Å²) in [5, 5.41) is 3.73. The summed E-state index contributed by atoms with van der Waals surface area (Å²) in [7, 11) is 1.80. The molecular weight excluding hydrogens is 258 g/mol. The molecule has 0 aliphatic rings. The summed E-state index contributed by atoms with van der Waals surface area (Å²) < 4.78 is 5.58. The Kier molecular flexibility index (Phi) is 6.89. The average molecular weight is 291 g/mol. The third kappa shape index (κ3) is 5.44. The molecule has 1 atom stereocenters. The van der Waals surface area contributed by atoms with E-state index in [9.17, 15) is 0 Å². The van der Waals surface area contributed by atoms with Crippen molar-refractivity contribution >= 4 is 0 Å². The van der Waals surface area contributed by atoms with E-state index >= 15 is 0 Å². The van der Waals surface area contributed by atoms with Gasteiger partial charge in [0, 0.05) is 13.2 Å². The maximum Gasteiger partial charge on any atom is 0.0623 e. The summed E-state index contributed by atoms with van der Waals surface area (Å²) in [4.78, 5) is 0. The molecule has 0 saturated carbocycles. The molecule has 1 aromatic rings. The fraction of sp³-hybridized carbons (Fsp3) is 0.684. The molecular formula is C19H33NO. The molecule has 21 heavy (non-hydrogen) atoms. The summed E-state index contributed by atoms with van der Waals surface area (Å²) in [5.74, 6) is 0. The number of hydrogen-bond acceptors (Lipinski definition) is 2. The van der Waals surface area contributed by atoms with Crippen LogP contribution in [0.5, 0.6) is 0 Å². The second-order valence-electron chi connectivity index (χ2n) is 6.82. The maximum absolute atomic E-state index is 5.58. The van der Waals surface area contributed by atoms with Gasteiger partial charge in [0.05, 0.1) is 5.60 Å². The number of nitrogens with one attached hydrogen (secondary N) is 1. The van der Waals surface area contributed by atoms with E-state index in [4.69, 9.17) is 4.74 Å². The first-order valence-electron chi connectivity index (χ1n) is 8.17. The highest BCUT2D eigenvalue weighted by Gasteiger charge is 2.22. The van der Waals surface area contributed by atoms with Gasteiger partial charge in [0.2, 0.25) is 0 Å². The van der Waals surface area contributed by atoms with Gasteiger partial charge in [-0.2, -0.15) is 0 Å². The van der Waals surface area contributed by atoms with E-state index < -0.39 is 0 Å². The van der Waals surface area contributed by atoms with Crippen LogP contribution in [0.25, 0.3) is 0 Å². The van der Waals surface area contributed by atoms with Crippen molar-refractivity contribution in [1.82, 2.24) is 5.32 Å². The van der Waals surface area contributed by atoms with E-state index in [2.05, 4.69) is 59.0 Å². The second kappa shape index (κ2) is 7.95. The largest absolute Gasteiger partial charge is 0.379 e. The number of aryl methyl sites for hydroxylation is 3. The van der Waals surface area contributed by atoms with Gasteiger partial charge in [0.15, 0.2) is 0 Å². The molecule has 0 spiro atoms. The molecule has 0 heterocycles. The van der Waals surface area contributed by atoms with E-state index in [1.807, 2.05) is 0 Å². The van der Waals surface area contributed by atoms with E-state index in [0.717, 1.165) is 25.8 Å². The van der Waals surface area contributed by atoms with E-state index in [0.29, 0.717) is 6.04 Å². The molecule has 0 aliphatic heterocycles. The van der Waals surface area contributed by atoms with E-state index in [1.165, 1.54) is 22.3 Å². The summed E-state index contributed by atoms with van der Waals surface area (Å²) in [5.41, 5.74) is 5.56. The van der Waals surface area contributed by atoms with Gasteiger partial charge >= 0.3 is 0 Å². The van der Waals surface area contributed by atoms with Crippen LogP contribution in [0.3, 0.4) is 0 Å². The molecule has 2 heteroatoms. The first-order valence-corrected chi connectivity index (χ1v) is 8.17. The molecule has 1 N–H and O–H groups in total. The Balaban J connectivity index is 2.97. The molecule has 0 aliphatic carbocycles. The molecule has 0 fully saturated rings. The van der Waals surface area contributed by atoms with Crippen LogP contribution in [-0.4, -0.2) is 19.3 Å². The fourth-order valence-corrected chi connectivity index (χ4v) is 3.00. The van der Waals surface area contributed by atoms with Gasteiger partial charge in [-0.05, 0) is 77.1 Å². The van der Waals surface area contributed by atoms with Crippen molar-refractivity contribution in [3.63, 3.8) is 0 Å². The van der Waals surface area contributed by atoms with Gasteiger partial charge in [0.25, 0.3) is 0 Å². The minimum absolute atomic E-state index is 0.0569. The van der Waals surface area contributed by atoms with Crippen molar-refractivity contribution < 1.29 is 4.74 Å². The Labute approximate surface area is 131 Å². The highest BCUT2D eigenvalue weighted by molar-refractivity contribution is 5.39. The lowest BCUT2D eigenvalue weighted by Crippen LogP contribution is -2.28. The van der Waals surface area contributed by atoms with Crippen molar-refractivity contribution in [3.05, 3.63) is 34.4 Å². The lowest BCUT2D eigenvalue weighted by atomic mass is 9.89. The number of hydrogen-bond donors (Lipinski definition) is 1. The summed E-state index contributed by atoms with van der Waals surface area (Å²) in [6, 6.07) is 5.01. The second-order valence-corrected chi connectivity index (χ2v) is 6.82. The van der Waals surface area contributed by atoms with Crippen LogP contribution in [-0.2, 0) is 4.74 Å². The van der Waals surface area contributed by atoms with Crippen molar-refractivity contribution in [2.24, 2.45) is 0 Å². The molecule has 1 aromatic carbocycles. The first kappa shape index (κ1) is 18.2. The van der Waals surface area contributed by atoms with Crippen LogP contribution in [0.1, 0.15) is 68.3 Å². The predicted octanol–water partition coefficient (Wildman–Crippen LogP) is 4.86. The molecule has 1 rings (SSSR count). The molecule has 0 saturated heterocycles. The number of ether oxygens (including phenoxy) is 1. The van der Waals surface area contributed by atoms with Crippen LogP contribution in [0.15, 0.2) is 12.1 Å². The molecule has 0 bridgehead atoms. The van der Waals surface area contributed by atoms with Crippen LogP contribution in [0, 0.1) is 20.8 Å². The number of rotatable bonds is 8. The Morgan fingerprint density at radius 1 is 1.14 bits per heavy atom. The average Bonchev–Trinajstić information content (AvgIpc) is 2.40. The van der Waals surface area contributed by atoms with Crippen molar-refractivity contribution in [3.8, 4) is 0 Å². The van der Waals surface area contributed by atoms with Crippen LogP contribution in [0.4, 0.5) is 0 Å². The minimum atomic E-state index is -0.0569. The topological polar surface area (TPSA) is 21.3 Å². The highest BCUT2D eigenvalue weighted by atomic mass is 16.5. The van der Waals surface area contributed by atoms with E-state index in [-0.39, 0.29) is 5.60 Å². The zero-order valence-corrected chi connectivity index (χ0v) is 15.0. The Morgan fingerprint density at radius 2 is 1.71 bits per heavy atom. The maximum atomic E-state index is 5.58. The Hall–Kier alpha value is -0.860. The van der Waals surface area contributed by atoms with Crippen LogP contribution < -0.4 is 5.32 Å². The fourth-order valence-electron chi connectivity index (χ4n) is 3.00. The third-order valence-electron chi connectivity index (χ3n) is 4.31. The zero-order valence-electron chi connectivity index (χ0n) is 15.0. The smallest absolute Gasteiger partial charge is 0.0623 e. The van der Waals surface area contributed by atoms with Crippen molar-refractivity contribution in [2.75, 3.05) is 13.7 Å². The highest BCUT2D eigenvalue weighted by Crippen LogP contribution is 2.29. The van der Waals surface area contributed by atoms with Gasteiger partial charge in [-0.1, -0.05) is 24.6 Å². The third-order valence-corrected chi connectivity index (χ3v) is 4.31. The van der Waals surface area contributed by atoms with Gasteiger partial charge in [-0.3, -0.25) is 0 Å². The molecule has 2 nitrogen and oxygen atoms in total. The summed E-state index contributed by atoms with van der Waals surface area (Å²) >= 11 is 0. The summed E-state index contributed by atoms with van der Waals surface area (Å²) in [6.45, 7) is 14.3. The molecule has 0 aromatic heterocycles. The van der Waals surface area contributed by atoms with Crippen LogP contribution >= 0.6 is 0 Å². The normalized spacial score (nSPS) is 13.5. The molecule has 0 amide bonds. The number of methoxy groups -OCH3 is 1. The van der Waals surface area contributed by atoms with Crippen LogP contribution in [0.2, 0.25) is 0 Å². The SMILES string of the molecule is CCCNC(CCC(C)(C)OC)c1c(C)cc(C)cc1C. The lowest BCUT2D eigenvalue weighted by molar-refractivity contribution is 0.0116. The molecule has 120 valence electrons. The van der Waals surface area contributed by atoms with Crippen molar-refractivity contribution in [2.45, 2.75) is 72.4 Å². The Morgan fingerprint density at radius 3 is 2.19 bits per heavy atom. The molecule has 1 unspecified atom stereocenters. The first-order chi connectivity index (χ1) is 9.80. The summed E-state index contributed by atoms with van der Waals surface area (Å²) in [6.07, 6.45) is 3.32. The monoisotopic (exact) mass is 291 g/mol. The number of benzene rings is 1. The van der Waals surface area contributed by atoms with E-state index in [1.54, 1.807) is 7.11 Å². The lowest BCUT2D eigenvalue weighted by Gasteiger charge is -2.28. The van der Waals surface area contributed by atoms with Crippen molar-refractivity contribution in [1.29, 1.82) is 0 Å². The quantitative estimate of drug-likeness (QED) is 0.738. The van der Waals surface area contributed by atoms with Gasteiger partial charge in [0.1, 0.15) is 0 Å².